The van der Waals surface area contributed by atoms with Gasteiger partial charge in [0.1, 0.15) is 0 Å². The third kappa shape index (κ3) is 6.89. The summed E-state index contributed by atoms with van der Waals surface area (Å²) in [4.78, 5) is 26.4. The van der Waals surface area contributed by atoms with E-state index < -0.39 is 24.9 Å². The first-order valence-corrected chi connectivity index (χ1v) is 5.92. The van der Waals surface area contributed by atoms with Crippen LogP contribution in [0.25, 0.3) is 0 Å². The first kappa shape index (κ1) is 14.9. The Kier molecular flexibility index (Phi) is 5.80. The van der Waals surface area contributed by atoms with Gasteiger partial charge in [0.2, 0.25) is 6.29 Å². The van der Waals surface area contributed by atoms with Crippen LogP contribution in [-0.4, -0.2) is 26.9 Å². The molecule has 0 saturated carbocycles. The summed E-state index contributed by atoms with van der Waals surface area (Å²) in [6.45, 7) is 4.60. The molecule has 9 heteroatoms. The van der Waals surface area contributed by atoms with E-state index >= 15 is 0 Å². The lowest BCUT2D eigenvalue weighted by molar-refractivity contribution is -0.158. The Morgan fingerprint density at radius 2 is 1.93 bits per heavy atom. The Bertz CT molecular complexity index is 298. The highest BCUT2D eigenvalue weighted by Gasteiger charge is 2.30. The molecule has 0 heterocycles. The molecular formula is C6H9Cl2O6P. The van der Waals surface area contributed by atoms with Gasteiger partial charge in [-0.15, -0.1) is 0 Å². The number of carbonyl (C=O) groups is 1. The Balaban J connectivity index is 4.49. The quantitative estimate of drug-likeness (QED) is 0.259. The van der Waals surface area contributed by atoms with Crippen LogP contribution in [0.4, 0.5) is 0 Å². The van der Waals surface area contributed by atoms with Gasteiger partial charge in [-0.3, -0.25) is 0 Å². The Morgan fingerprint density at radius 3 is 2.20 bits per heavy atom. The van der Waals surface area contributed by atoms with Crippen LogP contribution in [0.2, 0.25) is 0 Å². The number of ether oxygens (including phenoxy) is 1. The van der Waals surface area contributed by atoms with E-state index in [1.165, 1.54) is 6.92 Å². The van der Waals surface area contributed by atoms with E-state index in [4.69, 9.17) is 33.0 Å². The molecule has 0 fully saturated rings. The van der Waals surface area contributed by atoms with Crippen LogP contribution in [0.3, 0.4) is 0 Å². The molecule has 0 spiro atoms. The molecule has 0 rings (SSSR count). The van der Waals surface area contributed by atoms with Gasteiger partial charge in [0, 0.05) is 5.57 Å². The molecule has 88 valence electrons. The van der Waals surface area contributed by atoms with Gasteiger partial charge in [-0.25, -0.2) is 13.9 Å². The first-order valence-electron chi connectivity index (χ1n) is 3.52. The topological polar surface area (TPSA) is 93.1 Å². The highest BCUT2D eigenvalue weighted by atomic mass is 35.5. The van der Waals surface area contributed by atoms with Crippen molar-refractivity contribution < 1.29 is 28.4 Å². The molecule has 1 atom stereocenters. The molecule has 0 aromatic heterocycles. The minimum atomic E-state index is -4.84. The second-order valence-electron chi connectivity index (χ2n) is 2.48. The number of carbonyl (C=O) groups excluding carboxylic acids is 1. The highest BCUT2D eigenvalue weighted by molar-refractivity contribution is 7.46. The molecule has 0 aromatic rings. The number of phosphoric ester groups is 1. The molecule has 15 heavy (non-hydrogen) atoms. The molecule has 0 radical (unpaired) electrons. The summed E-state index contributed by atoms with van der Waals surface area (Å²) in [6, 6.07) is 0. The lowest BCUT2D eigenvalue weighted by Gasteiger charge is -2.19. The molecule has 2 N–H and O–H groups in total. The molecule has 0 aromatic carbocycles. The Labute approximate surface area is 96.0 Å². The summed E-state index contributed by atoms with van der Waals surface area (Å²) in [7, 11) is -4.84. The zero-order valence-corrected chi connectivity index (χ0v) is 10.00. The maximum Gasteiger partial charge on any atom is 0.472 e. The van der Waals surface area contributed by atoms with Gasteiger partial charge in [0.05, 0.1) is 0 Å². The Hall–Kier alpha value is -0.100. The van der Waals surface area contributed by atoms with Gasteiger partial charge in [-0.05, 0) is 6.92 Å². The number of halogens is 2. The lowest BCUT2D eigenvalue weighted by atomic mass is 10.4. The third-order valence-corrected chi connectivity index (χ3v) is 1.91. The normalized spacial score (nSPS) is 13.7. The average Bonchev–Trinajstić information content (AvgIpc) is 1.99. The fraction of sp³-hybridized carbons (Fsp3) is 0.500. The standard InChI is InChI=1S/C6H9Cl2O6P/c1-3(2)5(9)13-6(4(7)8)14-15(10,11)12/h4,6H,1H2,2H3,(H2,10,11,12). The maximum atomic E-state index is 11.0. The fourth-order valence-corrected chi connectivity index (χ4v) is 1.24. The number of hydrogen-bond acceptors (Lipinski definition) is 4. The number of hydrogen-bond donors (Lipinski definition) is 2. The molecular weight excluding hydrogens is 270 g/mol. The van der Waals surface area contributed by atoms with E-state index in [0.29, 0.717) is 0 Å². The Morgan fingerprint density at radius 1 is 1.47 bits per heavy atom. The van der Waals surface area contributed by atoms with Crippen molar-refractivity contribution in [2.45, 2.75) is 18.1 Å². The van der Waals surface area contributed by atoms with Gasteiger partial charge in [-0.2, -0.15) is 0 Å². The monoisotopic (exact) mass is 278 g/mol. The van der Waals surface area contributed by atoms with Crippen LogP contribution in [-0.2, 0) is 18.6 Å². The van der Waals surface area contributed by atoms with Crippen molar-refractivity contribution >= 4 is 37.0 Å². The zero-order valence-electron chi connectivity index (χ0n) is 7.59. The SMILES string of the molecule is C=C(C)C(=O)OC(OP(=O)(O)O)C(Cl)Cl. The van der Waals surface area contributed by atoms with Crippen molar-refractivity contribution in [3.8, 4) is 0 Å². The third-order valence-electron chi connectivity index (χ3n) is 1.02. The van der Waals surface area contributed by atoms with Crippen molar-refractivity contribution in [1.82, 2.24) is 0 Å². The number of esters is 1. The number of rotatable bonds is 5. The highest BCUT2D eigenvalue weighted by Crippen LogP contribution is 2.39. The van der Waals surface area contributed by atoms with E-state index in [2.05, 4.69) is 15.8 Å². The zero-order chi connectivity index (χ0) is 12.2. The average molecular weight is 279 g/mol. The van der Waals surface area contributed by atoms with Crippen molar-refractivity contribution in [3.05, 3.63) is 12.2 Å². The van der Waals surface area contributed by atoms with Crippen LogP contribution < -0.4 is 0 Å². The van der Waals surface area contributed by atoms with Crippen molar-refractivity contribution in [3.63, 3.8) is 0 Å². The summed E-state index contributed by atoms with van der Waals surface area (Å²) >= 11 is 10.6. The first-order chi connectivity index (χ1) is 6.63. The molecule has 1 unspecified atom stereocenters. The van der Waals surface area contributed by atoms with Crippen molar-refractivity contribution in [2.75, 3.05) is 0 Å². The van der Waals surface area contributed by atoms with E-state index in [1.54, 1.807) is 0 Å². The van der Waals surface area contributed by atoms with Crippen molar-refractivity contribution in [2.24, 2.45) is 0 Å². The summed E-state index contributed by atoms with van der Waals surface area (Å²) in [5.41, 5.74) is 0.0169. The summed E-state index contributed by atoms with van der Waals surface area (Å²) in [5.74, 6) is -0.917. The minimum Gasteiger partial charge on any atom is -0.429 e. The van der Waals surface area contributed by atoms with Crippen LogP contribution >= 0.6 is 31.0 Å². The molecule has 0 amide bonds. The molecule has 0 saturated heterocycles. The van der Waals surface area contributed by atoms with Crippen LogP contribution in [0.15, 0.2) is 12.2 Å². The van der Waals surface area contributed by atoms with E-state index in [9.17, 15) is 9.36 Å². The second kappa shape index (κ2) is 5.84. The predicted octanol–water partition coefficient (Wildman–Crippen LogP) is 1.34. The number of alkyl halides is 2. The van der Waals surface area contributed by atoms with E-state index in [1.807, 2.05) is 0 Å². The smallest absolute Gasteiger partial charge is 0.429 e. The predicted molar refractivity (Wildman–Crippen MR) is 53.3 cm³/mol. The fourth-order valence-electron chi connectivity index (χ4n) is 0.460. The van der Waals surface area contributed by atoms with Gasteiger partial charge in [0.15, 0.2) is 4.84 Å². The summed E-state index contributed by atoms with van der Waals surface area (Å²) < 4.78 is 18.9. The van der Waals surface area contributed by atoms with Gasteiger partial charge >= 0.3 is 13.8 Å². The molecule has 0 aliphatic heterocycles. The largest absolute Gasteiger partial charge is 0.472 e. The van der Waals surface area contributed by atoms with Crippen LogP contribution in [0.5, 0.6) is 0 Å². The molecule has 6 nitrogen and oxygen atoms in total. The summed E-state index contributed by atoms with van der Waals surface area (Å²) in [5, 5.41) is 0. The maximum absolute atomic E-state index is 11.0. The van der Waals surface area contributed by atoms with Gasteiger partial charge < -0.3 is 14.5 Å². The summed E-state index contributed by atoms with van der Waals surface area (Å²) in [6.07, 6.45) is -1.75. The van der Waals surface area contributed by atoms with Crippen LogP contribution in [0.1, 0.15) is 6.92 Å². The molecule has 0 bridgehead atoms. The van der Waals surface area contributed by atoms with E-state index in [-0.39, 0.29) is 5.57 Å². The van der Waals surface area contributed by atoms with Gasteiger partial charge in [-0.1, -0.05) is 29.8 Å². The second-order valence-corrected chi connectivity index (χ2v) is 4.84. The number of phosphoric acid groups is 1. The van der Waals surface area contributed by atoms with Crippen molar-refractivity contribution in [1.29, 1.82) is 0 Å². The molecule has 0 aliphatic rings. The van der Waals surface area contributed by atoms with E-state index in [0.717, 1.165) is 0 Å². The minimum absolute atomic E-state index is 0.0169. The molecule has 0 aliphatic carbocycles. The lowest BCUT2D eigenvalue weighted by Crippen LogP contribution is -2.26. The van der Waals surface area contributed by atoms with Gasteiger partial charge in [0.25, 0.3) is 0 Å². The van der Waals surface area contributed by atoms with Crippen LogP contribution in [0, 0.1) is 0 Å².